The summed E-state index contributed by atoms with van der Waals surface area (Å²) in [7, 11) is 0. The number of hydrogen-bond acceptors (Lipinski definition) is 4. The third-order valence-electron chi connectivity index (χ3n) is 4.41. The van der Waals surface area contributed by atoms with Crippen molar-refractivity contribution < 1.29 is 18.0 Å². The van der Waals surface area contributed by atoms with Crippen LogP contribution in [0.5, 0.6) is 0 Å². The first-order valence-electron chi connectivity index (χ1n) is 8.53. The van der Waals surface area contributed by atoms with E-state index in [-0.39, 0.29) is 11.6 Å². The van der Waals surface area contributed by atoms with Gasteiger partial charge in [0.25, 0.3) is 5.91 Å². The maximum absolute atomic E-state index is 14.1. The molecule has 1 N–H and O–H groups in total. The number of hydrogen-bond donors (Lipinski definition) is 1. The lowest BCUT2D eigenvalue weighted by molar-refractivity contribution is 0.102. The fourth-order valence-electron chi connectivity index (χ4n) is 3.17. The van der Waals surface area contributed by atoms with Crippen LogP contribution in [0.4, 0.5) is 14.5 Å². The monoisotopic (exact) mass is 382 g/mol. The summed E-state index contributed by atoms with van der Waals surface area (Å²) >= 11 is 0. The van der Waals surface area contributed by atoms with E-state index < -0.39 is 11.6 Å². The van der Waals surface area contributed by atoms with Gasteiger partial charge in [0, 0.05) is 18.7 Å². The zero-order valence-corrected chi connectivity index (χ0v) is 15.4. The van der Waals surface area contributed by atoms with Crippen molar-refractivity contribution in [3.05, 3.63) is 70.9 Å². The van der Waals surface area contributed by atoms with Crippen molar-refractivity contribution >= 4 is 22.7 Å². The number of rotatable bonds is 3. The number of amides is 1. The molecule has 4 aromatic rings. The van der Waals surface area contributed by atoms with Crippen molar-refractivity contribution in [2.24, 2.45) is 0 Å². The highest BCUT2D eigenvalue weighted by Gasteiger charge is 2.21. The van der Waals surface area contributed by atoms with Crippen molar-refractivity contribution in [1.29, 1.82) is 0 Å². The summed E-state index contributed by atoms with van der Waals surface area (Å²) in [6.07, 6.45) is 0. The van der Waals surface area contributed by atoms with Crippen LogP contribution in [0.3, 0.4) is 0 Å². The number of aryl methyl sites for hydroxylation is 2. The molecule has 142 valence electrons. The van der Waals surface area contributed by atoms with Gasteiger partial charge in [0.15, 0.2) is 17.3 Å². The largest absolute Gasteiger partial charge is 0.441 e. The number of benzene rings is 2. The van der Waals surface area contributed by atoms with E-state index in [0.29, 0.717) is 39.6 Å². The second-order valence-electron chi connectivity index (χ2n) is 6.42. The van der Waals surface area contributed by atoms with Crippen molar-refractivity contribution in [3.63, 3.8) is 0 Å². The number of nitrogens with zero attached hydrogens (tertiary/aromatic N) is 3. The van der Waals surface area contributed by atoms with E-state index in [0.717, 1.165) is 12.1 Å². The van der Waals surface area contributed by atoms with E-state index >= 15 is 0 Å². The summed E-state index contributed by atoms with van der Waals surface area (Å²) in [4.78, 5) is 17.1. The number of fused-ring (bicyclic) bond motifs is 1. The molecule has 0 fully saturated rings. The Morgan fingerprint density at radius 1 is 1.11 bits per heavy atom. The van der Waals surface area contributed by atoms with Crippen molar-refractivity contribution in [3.8, 4) is 5.69 Å². The van der Waals surface area contributed by atoms with Crippen LogP contribution < -0.4 is 5.32 Å². The fourth-order valence-corrected chi connectivity index (χ4v) is 3.17. The first kappa shape index (κ1) is 17.8. The molecule has 0 aliphatic rings. The van der Waals surface area contributed by atoms with E-state index in [4.69, 9.17) is 4.42 Å². The quantitative estimate of drug-likeness (QED) is 0.567. The van der Waals surface area contributed by atoms with Gasteiger partial charge in [-0.2, -0.15) is 5.10 Å². The Balaban J connectivity index is 1.68. The number of nitrogens with one attached hydrogen (secondary N) is 1. The molecule has 0 spiro atoms. The number of oxazole rings is 1. The number of carbonyl (C=O) groups excluding carboxylic acids is 1. The second-order valence-corrected chi connectivity index (χ2v) is 6.42. The summed E-state index contributed by atoms with van der Waals surface area (Å²) in [5.41, 5.74) is 3.07. The molecule has 0 atom stereocenters. The molecule has 0 aliphatic carbocycles. The molecule has 6 nitrogen and oxygen atoms in total. The summed E-state index contributed by atoms with van der Waals surface area (Å²) in [5, 5.41) is 7.06. The van der Waals surface area contributed by atoms with Gasteiger partial charge in [-0.1, -0.05) is 0 Å². The van der Waals surface area contributed by atoms with Gasteiger partial charge >= 0.3 is 0 Å². The molecule has 4 rings (SSSR count). The molecule has 28 heavy (non-hydrogen) atoms. The van der Waals surface area contributed by atoms with Crippen LogP contribution in [-0.4, -0.2) is 20.7 Å². The molecule has 2 aromatic heterocycles. The molecule has 0 radical (unpaired) electrons. The van der Waals surface area contributed by atoms with Crippen LogP contribution in [0, 0.1) is 32.4 Å². The van der Waals surface area contributed by atoms with E-state index in [1.54, 1.807) is 39.0 Å². The molecule has 2 heterocycles. The molecule has 1 amide bonds. The van der Waals surface area contributed by atoms with Gasteiger partial charge in [-0.05, 0) is 44.2 Å². The Morgan fingerprint density at radius 2 is 1.89 bits per heavy atom. The molecule has 8 heteroatoms. The van der Waals surface area contributed by atoms with Gasteiger partial charge in [-0.15, -0.1) is 0 Å². The first-order valence-corrected chi connectivity index (χ1v) is 8.53. The molecular formula is C20H16F2N4O2. The normalized spacial score (nSPS) is 11.2. The zero-order valence-electron chi connectivity index (χ0n) is 15.4. The third-order valence-corrected chi connectivity index (χ3v) is 4.41. The number of anilines is 1. The highest BCUT2D eigenvalue weighted by molar-refractivity contribution is 6.06. The number of halogens is 2. The topological polar surface area (TPSA) is 73.0 Å². The minimum Gasteiger partial charge on any atom is -0.441 e. The van der Waals surface area contributed by atoms with Crippen LogP contribution in [0.2, 0.25) is 0 Å². The minimum atomic E-state index is -0.760. The third kappa shape index (κ3) is 3.02. The van der Waals surface area contributed by atoms with E-state index in [1.807, 2.05) is 0 Å². The average molecular weight is 382 g/mol. The van der Waals surface area contributed by atoms with Crippen LogP contribution in [0.25, 0.3) is 16.8 Å². The summed E-state index contributed by atoms with van der Waals surface area (Å²) in [5.74, 6) is -1.29. The number of carbonyl (C=O) groups is 1. The van der Waals surface area contributed by atoms with Crippen LogP contribution in [0.1, 0.15) is 27.6 Å². The Hall–Kier alpha value is -3.55. The highest BCUT2D eigenvalue weighted by Crippen LogP contribution is 2.23. The van der Waals surface area contributed by atoms with Crippen molar-refractivity contribution in [2.45, 2.75) is 20.8 Å². The maximum Gasteiger partial charge on any atom is 0.259 e. The Kier molecular flexibility index (Phi) is 4.18. The molecule has 2 aromatic carbocycles. The Labute approximate surface area is 158 Å². The van der Waals surface area contributed by atoms with Gasteiger partial charge in [-0.25, -0.2) is 18.4 Å². The van der Waals surface area contributed by atoms with E-state index in [2.05, 4.69) is 15.4 Å². The smallest absolute Gasteiger partial charge is 0.259 e. The summed E-state index contributed by atoms with van der Waals surface area (Å²) in [6.45, 7) is 5.06. The van der Waals surface area contributed by atoms with Crippen LogP contribution >= 0.6 is 0 Å². The van der Waals surface area contributed by atoms with Gasteiger partial charge in [0.1, 0.15) is 17.0 Å². The van der Waals surface area contributed by atoms with Gasteiger partial charge < -0.3 is 9.73 Å². The molecule has 0 aliphatic heterocycles. The minimum absolute atomic E-state index is 0.0699. The van der Waals surface area contributed by atoms with Crippen LogP contribution in [0.15, 0.2) is 40.8 Å². The molecule has 0 saturated heterocycles. The Bertz CT molecular complexity index is 1230. The van der Waals surface area contributed by atoms with E-state index in [1.165, 1.54) is 10.7 Å². The highest BCUT2D eigenvalue weighted by atomic mass is 19.1. The zero-order chi connectivity index (χ0) is 20.0. The molecule has 0 unspecified atom stereocenters. The maximum atomic E-state index is 14.1. The lowest BCUT2D eigenvalue weighted by Crippen LogP contribution is -2.14. The standard InChI is InChI=1S/C20H16F2N4O2/c1-10-19(11(2)26(25-10)17-6-4-13(21)8-15(17)22)20(27)24-14-5-7-18-16(9-14)23-12(3)28-18/h4-9H,1-3H3,(H,24,27). The Morgan fingerprint density at radius 3 is 2.64 bits per heavy atom. The van der Waals surface area contributed by atoms with Gasteiger partial charge in [-0.3, -0.25) is 4.79 Å². The lowest BCUT2D eigenvalue weighted by atomic mass is 10.1. The SMILES string of the molecule is Cc1nc2cc(NC(=O)c3c(C)nn(-c4ccc(F)cc4F)c3C)ccc2o1. The predicted molar refractivity (Wildman–Crippen MR) is 99.7 cm³/mol. The molecule has 0 saturated carbocycles. The first-order chi connectivity index (χ1) is 13.3. The molecular weight excluding hydrogens is 366 g/mol. The lowest BCUT2D eigenvalue weighted by Gasteiger charge is -2.08. The van der Waals surface area contributed by atoms with E-state index in [9.17, 15) is 13.6 Å². The predicted octanol–water partition coefficient (Wildman–Crippen LogP) is 4.47. The van der Waals surface area contributed by atoms with Crippen molar-refractivity contribution in [1.82, 2.24) is 14.8 Å². The average Bonchev–Trinajstić information content (AvgIpc) is 3.13. The fraction of sp³-hybridized carbons (Fsp3) is 0.150. The van der Waals surface area contributed by atoms with Gasteiger partial charge in [0.05, 0.1) is 17.0 Å². The summed E-state index contributed by atoms with van der Waals surface area (Å²) in [6, 6.07) is 8.34. The second kappa shape index (κ2) is 6.56. The number of aromatic nitrogens is 3. The van der Waals surface area contributed by atoms with Crippen molar-refractivity contribution in [2.75, 3.05) is 5.32 Å². The summed E-state index contributed by atoms with van der Waals surface area (Å²) < 4.78 is 34.0. The van der Waals surface area contributed by atoms with Crippen LogP contribution in [-0.2, 0) is 0 Å². The molecule has 0 bridgehead atoms. The van der Waals surface area contributed by atoms with Gasteiger partial charge in [0.2, 0.25) is 0 Å².